The fourth-order valence-electron chi connectivity index (χ4n) is 2.47. The average molecular weight is 335 g/mol. The predicted octanol–water partition coefficient (Wildman–Crippen LogP) is 3.95. The van der Waals surface area contributed by atoms with E-state index in [9.17, 15) is 4.79 Å². The minimum atomic E-state index is -0.108. The smallest absolute Gasteiger partial charge is 0.266 e. The molecule has 0 spiro atoms. The summed E-state index contributed by atoms with van der Waals surface area (Å²) in [5, 5.41) is 10.2. The molecule has 0 amide bonds. The maximum atomic E-state index is 13.1. The molecule has 1 aromatic heterocycles. The van der Waals surface area contributed by atoms with E-state index in [0.717, 1.165) is 11.3 Å². The minimum Gasteiger partial charge on any atom is -0.268 e. The molecule has 1 atom stereocenters. The number of nitrogens with zero attached hydrogens (tertiary/aromatic N) is 3. The topological polar surface area (TPSA) is 58.7 Å². The third-order valence-corrected chi connectivity index (χ3v) is 4.98. The second-order valence-electron chi connectivity index (χ2n) is 5.68. The number of aryl methyl sites for hydroxylation is 1. The monoisotopic (exact) mass is 335 g/mol. The normalized spacial score (nSPS) is 12.0. The van der Waals surface area contributed by atoms with Crippen LogP contribution in [0.15, 0.2) is 58.5 Å². The van der Waals surface area contributed by atoms with Gasteiger partial charge in [0.2, 0.25) is 0 Å². The van der Waals surface area contributed by atoms with Gasteiger partial charge in [-0.25, -0.2) is 4.98 Å². The summed E-state index contributed by atoms with van der Waals surface area (Å²) in [5.74, 6) is 0.483. The molecule has 0 aliphatic carbocycles. The summed E-state index contributed by atoms with van der Waals surface area (Å²) in [6.45, 7) is 3.84. The zero-order valence-electron chi connectivity index (χ0n) is 13.6. The van der Waals surface area contributed by atoms with E-state index >= 15 is 0 Å². The summed E-state index contributed by atoms with van der Waals surface area (Å²) in [6, 6.07) is 17.3. The van der Waals surface area contributed by atoms with Crippen LogP contribution in [0.2, 0.25) is 0 Å². The molecule has 4 nitrogen and oxygen atoms in total. The van der Waals surface area contributed by atoms with Crippen molar-refractivity contribution in [1.82, 2.24) is 9.55 Å². The summed E-state index contributed by atoms with van der Waals surface area (Å²) in [5.41, 5.74) is 2.43. The highest BCUT2D eigenvalue weighted by molar-refractivity contribution is 7.99. The van der Waals surface area contributed by atoms with Gasteiger partial charge in [-0.3, -0.25) is 9.36 Å². The van der Waals surface area contributed by atoms with Gasteiger partial charge in [0.1, 0.15) is 0 Å². The van der Waals surface area contributed by atoms with Crippen molar-refractivity contribution in [2.24, 2.45) is 5.92 Å². The molecule has 5 heteroatoms. The number of nitriles is 1. The van der Waals surface area contributed by atoms with Crippen molar-refractivity contribution in [3.63, 3.8) is 0 Å². The van der Waals surface area contributed by atoms with Gasteiger partial charge in [-0.05, 0) is 37.6 Å². The first kappa shape index (κ1) is 16.3. The van der Waals surface area contributed by atoms with Crippen molar-refractivity contribution < 1.29 is 0 Å². The van der Waals surface area contributed by atoms with Gasteiger partial charge in [0.25, 0.3) is 5.56 Å². The van der Waals surface area contributed by atoms with Gasteiger partial charge in [-0.2, -0.15) is 5.26 Å². The van der Waals surface area contributed by atoms with Gasteiger partial charge in [0, 0.05) is 5.75 Å². The molecule has 3 rings (SSSR count). The first-order valence-corrected chi connectivity index (χ1v) is 8.70. The Morgan fingerprint density at radius 3 is 2.67 bits per heavy atom. The van der Waals surface area contributed by atoms with Gasteiger partial charge in [-0.15, -0.1) is 0 Å². The standard InChI is InChI=1S/C19H17N3OS/c1-13(11-20)12-24-19-21-16-9-5-4-8-15(16)18(23)22(19)17-10-6-3-7-14(17)2/h3-10,13H,12H2,1-2H3/t13-/m0/s1. The van der Waals surface area contributed by atoms with Crippen molar-refractivity contribution >= 4 is 22.7 Å². The van der Waals surface area contributed by atoms with E-state index in [0.29, 0.717) is 21.8 Å². The molecule has 0 radical (unpaired) electrons. The van der Waals surface area contributed by atoms with Crippen molar-refractivity contribution in [1.29, 1.82) is 5.26 Å². The number of fused-ring (bicyclic) bond motifs is 1. The fourth-order valence-corrected chi connectivity index (χ4v) is 3.42. The molecule has 0 saturated carbocycles. The van der Waals surface area contributed by atoms with E-state index in [1.165, 1.54) is 11.8 Å². The second kappa shape index (κ2) is 6.90. The Balaban J connectivity index is 2.24. The zero-order chi connectivity index (χ0) is 17.1. The third kappa shape index (κ3) is 3.06. The Morgan fingerprint density at radius 1 is 1.21 bits per heavy atom. The van der Waals surface area contributed by atoms with Crippen LogP contribution in [0.25, 0.3) is 16.6 Å². The summed E-state index contributed by atoms with van der Waals surface area (Å²) < 4.78 is 1.66. The van der Waals surface area contributed by atoms with Crippen LogP contribution >= 0.6 is 11.8 Å². The number of hydrogen-bond donors (Lipinski definition) is 0. The average Bonchev–Trinajstić information content (AvgIpc) is 2.61. The first-order valence-electron chi connectivity index (χ1n) is 7.72. The number of benzene rings is 2. The van der Waals surface area contributed by atoms with Gasteiger partial charge in [-0.1, -0.05) is 42.1 Å². The Kier molecular flexibility index (Phi) is 4.68. The van der Waals surface area contributed by atoms with E-state index in [1.54, 1.807) is 10.6 Å². The SMILES string of the molecule is Cc1ccccc1-n1c(SC[C@@H](C)C#N)nc2ccccc2c1=O. The number of aromatic nitrogens is 2. The minimum absolute atomic E-state index is 0.0815. The molecule has 3 aromatic rings. The van der Waals surface area contributed by atoms with Crippen LogP contribution in [0.4, 0.5) is 0 Å². The zero-order valence-corrected chi connectivity index (χ0v) is 14.4. The first-order chi connectivity index (χ1) is 11.6. The number of para-hydroxylation sites is 2. The molecule has 0 N–H and O–H groups in total. The molecule has 2 aromatic carbocycles. The fraction of sp³-hybridized carbons (Fsp3) is 0.211. The van der Waals surface area contributed by atoms with E-state index < -0.39 is 0 Å². The second-order valence-corrected chi connectivity index (χ2v) is 6.67. The Morgan fingerprint density at radius 2 is 1.92 bits per heavy atom. The van der Waals surface area contributed by atoms with E-state index in [4.69, 9.17) is 5.26 Å². The van der Waals surface area contributed by atoms with E-state index in [1.807, 2.05) is 56.3 Å². The van der Waals surface area contributed by atoms with Gasteiger partial charge in [0.05, 0.1) is 28.6 Å². The quantitative estimate of drug-likeness (QED) is 0.535. The van der Waals surface area contributed by atoms with Crippen molar-refractivity contribution in [2.45, 2.75) is 19.0 Å². The number of rotatable bonds is 4. The van der Waals surface area contributed by atoms with Crippen LogP contribution in [-0.4, -0.2) is 15.3 Å². The molecule has 0 fully saturated rings. The Bertz CT molecular complexity index is 988. The highest BCUT2D eigenvalue weighted by atomic mass is 32.2. The van der Waals surface area contributed by atoms with Crippen molar-refractivity contribution in [3.8, 4) is 11.8 Å². The van der Waals surface area contributed by atoms with Crippen molar-refractivity contribution in [2.75, 3.05) is 5.75 Å². The van der Waals surface area contributed by atoms with E-state index in [2.05, 4.69) is 11.1 Å². The molecule has 0 saturated heterocycles. The summed E-state index contributed by atoms with van der Waals surface area (Å²) in [4.78, 5) is 17.7. The lowest BCUT2D eigenvalue weighted by atomic mass is 10.2. The largest absolute Gasteiger partial charge is 0.268 e. The molecule has 0 unspecified atom stereocenters. The van der Waals surface area contributed by atoms with Gasteiger partial charge < -0.3 is 0 Å². The highest BCUT2D eigenvalue weighted by Crippen LogP contribution is 2.24. The molecule has 0 aliphatic rings. The van der Waals surface area contributed by atoms with Crippen LogP contribution in [-0.2, 0) is 0 Å². The Labute approximate surface area is 144 Å². The molecular weight excluding hydrogens is 318 g/mol. The number of hydrogen-bond acceptors (Lipinski definition) is 4. The summed E-state index contributed by atoms with van der Waals surface area (Å²) in [6.07, 6.45) is 0. The van der Waals surface area contributed by atoms with Crippen molar-refractivity contribution in [3.05, 3.63) is 64.4 Å². The molecular formula is C19H17N3OS. The van der Waals surface area contributed by atoms with E-state index in [-0.39, 0.29) is 11.5 Å². The molecule has 1 heterocycles. The van der Waals surface area contributed by atoms with Gasteiger partial charge in [0.15, 0.2) is 5.16 Å². The van der Waals surface area contributed by atoms with Crippen LogP contribution in [0, 0.1) is 24.2 Å². The summed E-state index contributed by atoms with van der Waals surface area (Å²) in [7, 11) is 0. The lowest BCUT2D eigenvalue weighted by Gasteiger charge is -2.15. The maximum Gasteiger partial charge on any atom is 0.266 e. The summed E-state index contributed by atoms with van der Waals surface area (Å²) >= 11 is 1.44. The lowest BCUT2D eigenvalue weighted by molar-refractivity contribution is 0.803. The molecule has 120 valence electrons. The molecule has 24 heavy (non-hydrogen) atoms. The van der Waals surface area contributed by atoms with Crippen LogP contribution in [0.5, 0.6) is 0 Å². The Hall–Kier alpha value is -2.58. The highest BCUT2D eigenvalue weighted by Gasteiger charge is 2.15. The molecule has 0 aliphatic heterocycles. The lowest BCUT2D eigenvalue weighted by Crippen LogP contribution is -2.22. The number of thioether (sulfide) groups is 1. The third-order valence-electron chi connectivity index (χ3n) is 3.78. The maximum absolute atomic E-state index is 13.1. The van der Waals surface area contributed by atoms with Crippen LogP contribution in [0.1, 0.15) is 12.5 Å². The van der Waals surface area contributed by atoms with Gasteiger partial charge >= 0.3 is 0 Å². The van der Waals surface area contributed by atoms with Crippen LogP contribution < -0.4 is 5.56 Å². The molecule has 0 bridgehead atoms. The van der Waals surface area contributed by atoms with Crippen LogP contribution in [0.3, 0.4) is 0 Å². The predicted molar refractivity (Wildman–Crippen MR) is 97.6 cm³/mol.